The average Bonchev–Trinajstić information content (AvgIpc) is 2.79. The second kappa shape index (κ2) is 6.16. The fourth-order valence-electron chi connectivity index (χ4n) is 1.47. The minimum absolute atomic E-state index is 0.0984. The zero-order chi connectivity index (χ0) is 13.0. The van der Waals surface area contributed by atoms with Gasteiger partial charge < -0.3 is 4.74 Å². The molecule has 2 nitrogen and oxygen atoms in total. The normalized spacial score (nSPS) is 10.6. The molecule has 1 aromatic carbocycles. The van der Waals surface area contributed by atoms with E-state index in [4.69, 9.17) is 16.3 Å². The lowest BCUT2D eigenvalue weighted by molar-refractivity contribution is 0.300. The Morgan fingerprint density at radius 1 is 1.44 bits per heavy atom. The van der Waals surface area contributed by atoms with Crippen LogP contribution in [-0.2, 0) is 13.0 Å². The van der Waals surface area contributed by atoms with Crippen molar-refractivity contribution >= 4 is 22.9 Å². The molecule has 5 heteroatoms. The van der Waals surface area contributed by atoms with Crippen LogP contribution in [0.1, 0.15) is 24.0 Å². The van der Waals surface area contributed by atoms with Crippen molar-refractivity contribution in [2.75, 3.05) is 0 Å². The first-order chi connectivity index (χ1) is 8.69. The summed E-state index contributed by atoms with van der Waals surface area (Å²) in [4.78, 5) is 4.43. The summed E-state index contributed by atoms with van der Waals surface area (Å²) in [6, 6.07) is 4.40. The Morgan fingerprint density at radius 3 is 3.00 bits per heavy atom. The number of thiazole rings is 1. The maximum atomic E-state index is 13.2. The van der Waals surface area contributed by atoms with Crippen LogP contribution in [0.15, 0.2) is 23.6 Å². The number of aromatic nitrogens is 1. The van der Waals surface area contributed by atoms with Gasteiger partial charge in [0.2, 0.25) is 0 Å². The van der Waals surface area contributed by atoms with Crippen LogP contribution in [0.3, 0.4) is 0 Å². The van der Waals surface area contributed by atoms with Crippen LogP contribution in [0.4, 0.5) is 4.39 Å². The average molecular weight is 286 g/mol. The molecule has 2 aromatic rings. The van der Waals surface area contributed by atoms with Gasteiger partial charge in [-0.1, -0.05) is 18.5 Å². The number of nitrogens with zero attached hydrogens (tertiary/aromatic N) is 1. The topological polar surface area (TPSA) is 22.1 Å². The first-order valence-electron chi connectivity index (χ1n) is 5.70. The lowest BCUT2D eigenvalue weighted by Crippen LogP contribution is -1.96. The van der Waals surface area contributed by atoms with Crippen LogP contribution in [0.25, 0.3) is 0 Å². The molecule has 1 heterocycles. The highest BCUT2D eigenvalue weighted by atomic mass is 35.5. The van der Waals surface area contributed by atoms with Crippen molar-refractivity contribution in [3.8, 4) is 5.75 Å². The van der Waals surface area contributed by atoms with Gasteiger partial charge in [0.05, 0.1) is 15.7 Å². The van der Waals surface area contributed by atoms with Gasteiger partial charge in [0, 0.05) is 11.4 Å². The van der Waals surface area contributed by atoms with Crippen LogP contribution in [0.5, 0.6) is 5.75 Å². The number of aryl methyl sites for hydroxylation is 1. The number of hydrogen-bond donors (Lipinski definition) is 0. The highest BCUT2D eigenvalue weighted by Gasteiger charge is 2.04. The van der Waals surface area contributed by atoms with Crippen molar-refractivity contribution in [2.45, 2.75) is 26.4 Å². The molecule has 0 atom stereocenters. The zero-order valence-electron chi connectivity index (χ0n) is 9.95. The molecule has 0 saturated heterocycles. The van der Waals surface area contributed by atoms with Gasteiger partial charge in [-0.2, -0.15) is 0 Å². The lowest BCUT2D eigenvalue weighted by atomic mass is 10.3. The van der Waals surface area contributed by atoms with E-state index >= 15 is 0 Å². The van der Waals surface area contributed by atoms with Gasteiger partial charge in [-0.3, -0.25) is 0 Å². The number of rotatable bonds is 5. The first kappa shape index (κ1) is 13.3. The maximum absolute atomic E-state index is 13.2. The fraction of sp³-hybridized carbons (Fsp3) is 0.308. The molecule has 0 radical (unpaired) electrons. The van der Waals surface area contributed by atoms with Gasteiger partial charge in [-0.05, 0) is 25.0 Å². The molecule has 0 aliphatic carbocycles. The van der Waals surface area contributed by atoms with Gasteiger partial charge in [-0.15, -0.1) is 11.3 Å². The number of hydrogen-bond acceptors (Lipinski definition) is 3. The van der Waals surface area contributed by atoms with E-state index in [2.05, 4.69) is 11.9 Å². The van der Waals surface area contributed by atoms with Crippen LogP contribution < -0.4 is 4.74 Å². The molecule has 0 N–H and O–H groups in total. The SMILES string of the molecule is CCCc1nc(COc2ccc(Cl)c(F)c2)cs1. The van der Waals surface area contributed by atoms with Crippen LogP contribution in [-0.4, -0.2) is 4.98 Å². The second-order valence-electron chi connectivity index (χ2n) is 3.85. The second-order valence-corrected chi connectivity index (χ2v) is 5.20. The summed E-state index contributed by atoms with van der Waals surface area (Å²) in [6.45, 7) is 2.47. The van der Waals surface area contributed by atoms with Crippen molar-refractivity contribution < 1.29 is 9.13 Å². The molecular formula is C13H13ClFNOS. The van der Waals surface area contributed by atoms with Gasteiger partial charge in [0.25, 0.3) is 0 Å². The Hall–Kier alpha value is -1.13. The van der Waals surface area contributed by atoms with Crippen LogP contribution >= 0.6 is 22.9 Å². The van der Waals surface area contributed by atoms with Crippen LogP contribution in [0, 0.1) is 5.82 Å². The van der Waals surface area contributed by atoms with E-state index in [1.165, 1.54) is 12.1 Å². The number of halogens is 2. The van der Waals surface area contributed by atoms with Gasteiger partial charge >= 0.3 is 0 Å². The van der Waals surface area contributed by atoms with Gasteiger partial charge in [0.15, 0.2) is 0 Å². The Bertz CT molecular complexity index is 529. The monoisotopic (exact) mass is 285 g/mol. The van der Waals surface area contributed by atoms with Crippen molar-refractivity contribution in [1.29, 1.82) is 0 Å². The molecule has 0 spiro atoms. The van der Waals surface area contributed by atoms with E-state index in [1.54, 1.807) is 17.4 Å². The third kappa shape index (κ3) is 3.43. The smallest absolute Gasteiger partial charge is 0.145 e. The quantitative estimate of drug-likeness (QED) is 0.809. The fourth-order valence-corrected chi connectivity index (χ4v) is 2.47. The minimum atomic E-state index is -0.473. The Kier molecular flexibility index (Phi) is 4.55. The third-order valence-corrected chi connectivity index (χ3v) is 3.60. The van der Waals surface area contributed by atoms with E-state index in [0.717, 1.165) is 23.5 Å². The van der Waals surface area contributed by atoms with Gasteiger partial charge in [0.1, 0.15) is 18.2 Å². The summed E-state index contributed by atoms with van der Waals surface area (Å²) in [7, 11) is 0. The lowest BCUT2D eigenvalue weighted by Gasteiger charge is -2.04. The summed E-state index contributed by atoms with van der Waals surface area (Å²) in [6.07, 6.45) is 2.07. The molecule has 18 heavy (non-hydrogen) atoms. The molecule has 0 bridgehead atoms. The Labute approximate surface area is 114 Å². The summed E-state index contributed by atoms with van der Waals surface area (Å²) in [5.74, 6) is -0.0129. The molecule has 0 aliphatic rings. The van der Waals surface area contributed by atoms with E-state index in [9.17, 15) is 4.39 Å². The van der Waals surface area contributed by atoms with Crippen molar-refractivity contribution in [3.05, 3.63) is 45.1 Å². The summed E-state index contributed by atoms with van der Waals surface area (Å²) in [5.41, 5.74) is 0.874. The highest BCUT2D eigenvalue weighted by molar-refractivity contribution is 7.09. The molecule has 0 aliphatic heterocycles. The predicted octanol–water partition coefficient (Wildman–Crippen LogP) is 4.47. The number of benzene rings is 1. The Morgan fingerprint density at radius 2 is 2.28 bits per heavy atom. The Balaban J connectivity index is 1.95. The highest BCUT2D eigenvalue weighted by Crippen LogP contribution is 2.21. The zero-order valence-corrected chi connectivity index (χ0v) is 11.5. The van der Waals surface area contributed by atoms with Crippen LogP contribution in [0.2, 0.25) is 5.02 Å². The largest absolute Gasteiger partial charge is 0.487 e. The molecule has 0 saturated carbocycles. The summed E-state index contributed by atoms with van der Waals surface area (Å²) >= 11 is 7.22. The first-order valence-corrected chi connectivity index (χ1v) is 6.96. The molecule has 96 valence electrons. The van der Waals surface area contributed by atoms with Crippen molar-refractivity contribution in [2.24, 2.45) is 0 Å². The predicted molar refractivity (Wildman–Crippen MR) is 71.9 cm³/mol. The van der Waals surface area contributed by atoms with E-state index in [-0.39, 0.29) is 5.02 Å². The van der Waals surface area contributed by atoms with E-state index in [1.807, 2.05) is 5.38 Å². The van der Waals surface area contributed by atoms with Crippen molar-refractivity contribution in [1.82, 2.24) is 4.98 Å². The van der Waals surface area contributed by atoms with E-state index < -0.39 is 5.82 Å². The van der Waals surface area contributed by atoms with E-state index in [0.29, 0.717) is 12.4 Å². The molecule has 0 unspecified atom stereocenters. The van der Waals surface area contributed by atoms with Gasteiger partial charge in [-0.25, -0.2) is 9.37 Å². The third-order valence-electron chi connectivity index (χ3n) is 2.34. The van der Waals surface area contributed by atoms with Crippen molar-refractivity contribution in [3.63, 3.8) is 0 Å². The number of ether oxygens (including phenoxy) is 1. The maximum Gasteiger partial charge on any atom is 0.145 e. The molecule has 0 fully saturated rings. The molecule has 1 aromatic heterocycles. The standard InChI is InChI=1S/C13H13ClFNOS/c1-2-3-13-16-9(8-18-13)7-17-10-4-5-11(14)12(15)6-10/h4-6,8H,2-3,7H2,1H3. The molecule has 2 rings (SSSR count). The molecular weight excluding hydrogens is 273 g/mol. The summed E-state index contributed by atoms with van der Waals surface area (Å²) in [5, 5.41) is 3.18. The summed E-state index contributed by atoms with van der Waals surface area (Å²) < 4.78 is 18.6. The molecule has 0 amide bonds. The minimum Gasteiger partial charge on any atom is -0.487 e.